The molecule has 2 heterocycles. The largest absolute Gasteiger partial charge is 0.399 e. The Morgan fingerprint density at radius 2 is 1.88 bits per heavy atom. The van der Waals surface area contributed by atoms with Gasteiger partial charge in [0, 0.05) is 29.6 Å². The molecule has 0 atom stereocenters. The molecule has 2 aromatic carbocycles. The van der Waals surface area contributed by atoms with Crippen molar-refractivity contribution in [2.45, 2.75) is 6.42 Å². The highest BCUT2D eigenvalue weighted by Crippen LogP contribution is 2.35. The molecule has 0 saturated carbocycles. The van der Waals surface area contributed by atoms with E-state index in [-0.39, 0.29) is 5.91 Å². The Morgan fingerprint density at radius 1 is 1.08 bits per heavy atom. The predicted octanol–water partition coefficient (Wildman–Crippen LogP) is 2.93. The third-order valence-electron chi connectivity index (χ3n) is 4.25. The topological polar surface area (TPSA) is 72.1 Å². The SMILES string of the molecule is Nc1ccc(C(=O)N2CCc3cncnc3-c3ccccc32)cc1. The summed E-state index contributed by atoms with van der Waals surface area (Å²) in [4.78, 5) is 23.4. The van der Waals surface area contributed by atoms with Gasteiger partial charge in [0.25, 0.3) is 5.91 Å². The molecular formula is C19H16N4O. The van der Waals surface area contributed by atoms with Gasteiger partial charge in [0.15, 0.2) is 0 Å². The summed E-state index contributed by atoms with van der Waals surface area (Å²) < 4.78 is 0. The van der Waals surface area contributed by atoms with Gasteiger partial charge < -0.3 is 10.6 Å². The number of hydrogen-bond acceptors (Lipinski definition) is 4. The number of fused-ring (bicyclic) bond motifs is 3. The molecule has 4 rings (SSSR count). The van der Waals surface area contributed by atoms with E-state index < -0.39 is 0 Å². The average molecular weight is 316 g/mol. The van der Waals surface area contributed by atoms with E-state index in [0.29, 0.717) is 24.2 Å². The van der Waals surface area contributed by atoms with Crippen molar-refractivity contribution in [1.82, 2.24) is 9.97 Å². The maximum atomic E-state index is 13.0. The Labute approximate surface area is 139 Å². The van der Waals surface area contributed by atoms with Gasteiger partial charge in [0.2, 0.25) is 0 Å². The van der Waals surface area contributed by atoms with Crippen molar-refractivity contribution in [2.75, 3.05) is 17.2 Å². The number of nitrogens with two attached hydrogens (primary N) is 1. The Hall–Kier alpha value is -3.21. The van der Waals surface area contributed by atoms with Gasteiger partial charge in [-0.1, -0.05) is 18.2 Å². The van der Waals surface area contributed by atoms with Crippen molar-refractivity contribution in [3.63, 3.8) is 0 Å². The minimum Gasteiger partial charge on any atom is -0.399 e. The fraction of sp³-hybridized carbons (Fsp3) is 0.105. The standard InChI is InChI=1S/C19H16N4O/c20-15-7-5-13(6-8-15)19(24)23-10-9-14-11-21-12-22-18(14)16-3-1-2-4-17(16)23/h1-8,11-12H,9-10,20H2. The quantitative estimate of drug-likeness (QED) is 0.701. The molecule has 5 nitrogen and oxygen atoms in total. The van der Waals surface area contributed by atoms with E-state index in [4.69, 9.17) is 5.73 Å². The molecule has 118 valence electrons. The summed E-state index contributed by atoms with van der Waals surface area (Å²) in [5, 5.41) is 0. The molecule has 3 aromatic rings. The second-order valence-corrected chi connectivity index (χ2v) is 5.74. The molecule has 24 heavy (non-hydrogen) atoms. The van der Waals surface area contributed by atoms with Gasteiger partial charge in [-0.15, -0.1) is 0 Å². The molecule has 0 bridgehead atoms. The summed E-state index contributed by atoms with van der Waals surface area (Å²) >= 11 is 0. The lowest BCUT2D eigenvalue weighted by molar-refractivity contribution is 0.0987. The van der Waals surface area contributed by atoms with Crippen LogP contribution in [0.3, 0.4) is 0 Å². The number of amides is 1. The minimum absolute atomic E-state index is 0.0387. The fourth-order valence-corrected chi connectivity index (χ4v) is 3.04. The first-order valence-corrected chi connectivity index (χ1v) is 7.80. The molecule has 1 aliphatic rings. The van der Waals surface area contributed by atoms with Gasteiger partial charge in [-0.05, 0) is 42.3 Å². The van der Waals surface area contributed by atoms with Crippen LogP contribution in [0.5, 0.6) is 0 Å². The molecule has 2 N–H and O–H groups in total. The zero-order chi connectivity index (χ0) is 16.5. The third kappa shape index (κ3) is 2.40. The van der Waals surface area contributed by atoms with Crippen LogP contribution in [0.1, 0.15) is 15.9 Å². The second kappa shape index (κ2) is 5.77. The van der Waals surface area contributed by atoms with Crippen LogP contribution in [0.4, 0.5) is 11.4 Å². The first-order chi connectivity index (χ1) is 11.7. The molecule has 0 saturated heterocycles. The van der Waals surface area contributed by atoms with E-state index in [9.17, 15) is 4.79 Å². The Bertz CT molecular complexity index is 905. The van der Waals surface area contributed by atoms with Crippen molar-refractivity contribution < 1.29 is 4.79 Å². The molecule has 0 fully saturated rings. The van der Waals surface area contributed by atoms with E-state index in [1.54, 1.807) is 30.6 Å². The Balaban J connectivity index is 1.81. The van der Waals surface area contributed by atoms with Gasteiger partial charge in [0.05, 0.1) is 11.4 Å². The number of para-hydroxylation sites is 1. The number of hydrogen-bond donors (Lipinski definition) is 1. The first kappa shape index (κ1) is 14.4. The van der Waals surface area contributed by atoms with Crippen LogP contribution in [0, 0.1) is 0 Å². The number of anilines is 2. The molecule has 1 aromatic heterocycles. The summed E-state index contributed by atoms with van der Waals surface area (Å²) in [6.45, 7) is 0.584. The summed E-state index contributed by atoms with van der Waals surface area (Å²) in [5.74, 6) is -0.0387. The highest BCUT2D eigenvalue weighted by Gasteiger charge is 2.25. The number of nitrogen functional groups attached to an aromatic ring is 1. The van der Waals surface area contributed by atoms with Gasteiger partial charge >= 0.3 is 0 Å². The lowest BCUT2D eigenvalue weighted by Crippen LogP contribution is -2.32. The van der Waals surface area contributed by atoms with E-state index >= 15 is 0 Å². The number of carbonyl (C=O) groups excluding carboxylic acids is 1. The first-order valence-electron chi connectivity index (χ1n) is 7.80. The average Bonchev–Trinajstić information content (AvgIpc) is 2.79. The summed E-state index contributed by atoms with van der Waals surface area (Å²) in [6, 6.07) is 14.9. The third-order valence-corrected chi connectivity index (χ3v) is 4.25. The van der Waals surface area contributed by atoms with Crippen LogP contribution in [0.25, 0.3) is 11.3 Å². The van der Waals surface area contributed by atoms with Crippen LogP contribution in [0.2, 0.25) is 0 Å². The van der Waals surface area contributed by atoms with Gasteiger partial charge in [-0.3, -0.25) is 4.79 Å². The van der Waals surface area contributed by atoms with E-state index in [1.165, 1.54) is 0 Å². The number of rotatable bonds is 1. The van der Waals surface area contributed by atoms with E-state index in [1.807, 2.05) is 35.4 Å². The van der Waals surface area contributed by atoms with Crippen molar-refractivity contribution in [3.05, 3.63) is 72.2 Å². The monoisotopic (exact) mass is 316 g/mol. The number of carbonyl (C=O) groups is 1. The normalized spacial score (nSPS) is 12.9. The van der Waals surface area contributed by atoms with Crippen molar-refractivity contribution in [1.29, 1.82) is 0 Å². The van der Waals surface area contributed by atoms with Gasteiger partial charge in [0.1, 0.15) is 6.33 Å². The van der Waals surface area contributed by atoms with Crippen molar-refractivity contribution in [3.8, 4) is 11.3 Å². The molecule has 5 heteroatoms. The molecule has 0 unspecified atom stereocenters. The maximum absolute atomic E-state index is 13.0. The van der Waals surface area contributed by atoms with Crippen LogP contribution in [-0.4, -0.2) is 22.4 Å². The van der Waals surface area contributed by atoms with Gasteiger partial charge in [-0.25, -0.2) is 9.97 Å². The second-order valence-electron chi connectivity index (χ2n) is 5.74. The Morgan fingerprint density at radius 3 is 2.71 bits per heavy atom. The molecule has 0 spiro atoms. The minimum atomic E-state index is -0.0387. The summed E-state index contributed by atoms with van der Waals surface area (Å²) in [5.41, 5.74) is 10.8. The maximum Gasteiger partial charge on any atom is 0.258 e. The molecular weight excluding hydrogens is 300 g/mol. The molecule has 1 aliphatic heterocycles. The molecule has 1 amide bonds. The number of nitrogens with zero attached hydrogens (tertiary/aromatic N) is 3. The highest BCUT2D eigenvalue weighted by atomic mass is 16.2. The lowest BCUT2D eigenvalue weighted by atomic mass is 10.1. The van der Waals surface area contributed by atoms with Gasteiger partial charge in [-0.2, -0.15) is 0 Å². The zero-order valence-electron chi connectivity index (χ0n) is 13.0. The van der Waals surface area contributed by atoms with Crippen LogP contribution in [0.15, 0.2) is 61.1 Å². The summed E-state index contributed by atoms with van der Waals surface area (Å²) in [7, 11) is 0. The van der Waals surface area contributed by atoms with Crippen LogP contribution >= 0.6 is 0 Å². The molecule has 0 aliphatic carbocycles. The van der Waals surface area contributed by atoms with Crippen LogP contribution in [-0.2, 0) is 6.42 Å². The highest BCUT2D eigenvalue weighted by molar-refractivity contribution is 6.08. The smallest absolute Gasteiger partial charge is 0.258 e. The van der Waals surface area contributed by atoms with Crippen LogP contribution < -0.4 is 10.6 Å². The van der Waals surface area contributed by atoms with Crippen molar-refractivity contribution >= 4 is 17.3 Å². The predicted molar refractivity (Wildman–Crippen MR) is 93.7 cm³/mol. The number of aromatic nitrogens is 2. The fourth-order valence-electron chi connectivity index (χ4n) is 3.04. The zero-order valence-corrected chi connectivity index (χ0v) is 13.0. The molecule has 0 radical (unpaired) electrons. The Kier molecular flexibility index (Phi) is 3.46. The van der Waals surface area contributed by atoms with E-state index in [2.05, 4.69) is 9.97 Å². The lowest BCUT2D eigenvalue weighted by Gasteiger charge is -2.23. The number of benzene rings is 2. The van der Waals surface area contributed by atoms with Crippen molar-refractivity contribution in [2.24, 2.45) is 0 Å². The summed E-state index contributed by atoms with van der Waals surface area (Å²) in [6.07, 6.45) is 4.09. The van der Waals surface area contributed by atoms with E-state index in [0.717, 1.165) is 22.5 Å².